The predicted molar refractivity (Wildman–Crippen MR) is 97.7 cm³/mol. The zero-order chi connectivity index (χ0) is 17.5. The highest BCUT2D eigenvalue weighted by atomic mass is 16.5. The van der Waals surface area contributed by atoms with Gasteiger partial charge in [0, 0.05) is 12.8 Å². The van der Waals surface area contributed by atoms with Gasteiger partial charge in [-0.2, -0.15) is 0 Å². The number of aromatic nitrogens is 2. The molecular weight excluding hydrogens is 316 g/mol. The molecule has 1 fully saturated rings. The van der Waals surface area contributed by atoms with E-state index in [1.807, 2.05) is 30.3 Å². The molecule has 1 aromatic heterocycles. The normalized spacial score (nSPS) is 20.5. The number of anilines is 2. The number of methoxy groups -OCH3 is 1. The van der Waals surface area contributed by atoms with E-state index < -0.39 is 0 Å². The fourth-order valence-electron chi connectivity index (χ4n) is 3.16. The van der Waals surface area contributed by atoms with Crippen molar-refractivity contribution in [2.24, 2.45) is 0 Å². The second-order valence-corrected chi connectivity index (χ2v) is 6.29. The fourth-order valence-corrected chi connectivity index (χ4v) is 3.16. The molecule has 0 saturated heterocycles. The van der Waals surface area contributed by atoms with Crippen LogP contribution in [0.15, 0.2) is 42.5 Å². The third-order valence-corrected chi connectivity index (χ3v) is 4.52. The second kappa shape index (κ2) is 8.58. The Morgan fingerprint density at radius 1 is 1.04 bits per heavy atom. The average Bonchev–Trinajstić information content (AvgIpc) is 2.88. The molecule has 0 radical (unpaired) electrons. The summed E-state index contributed by atoms with van der Waals surface area (Å²) in [6, 6.07) is 13.0. The largest absolute Gasteiger partial charge is 0.379 e. The van der Waals surface area contributed by atoms with Crippen LogP contribution in [0, 0.1) is 0 Å². The topological polar surface area (TPSA) is 76.1 Å². The molecule has 0 bridgehead atoms. The van der Waals surface area contributed by atoms with Gasteiger partial charge in [-0.25, -0.2) is 0 Å². The van der Waals surface area contributed by atoms with Gasteiger partial charge in [0.05, 0.1) is 12.1 Å². The molecule has 1 saturated carbocycles. The minimum atomic E-state index is -0.269. The van der Waals surface area contributed by atoms with Crippen molar-refractivity contribution in [2.45, 2.75) is 44.2 Å². The molecule has 0 aliphatic heterocycles. The lowest BCUT2D eigenvalue weighted by Crippen LogP contribution is -2.34. The quantitative estimate of drug-likeness (QED) is 0.815. The summed E-state index contributed by atoms with van der Waals surface area (Å²) >= 11 is 0. The van der Waals surface area contributed by atoms with Crippen LogP contribution in [0.1, 0.15) is 42.6 Å². The highest BCUT2D eigenvalue weighted by Gasteiger charge is 2.23. The first-order chi connectivity index (χ1) is 12.3. The van der Waals surface area contributed by atoms with Crippen LogP contribution in [-0.4, -0.2) is 35.4 Å². The van der Waals surface area contributed by atoms with Gasteiger partial charge in [0.2, 0.25) is 0 Å². The number of carbonyl (C=O) groups is 1. The Morgan fingerprint density at radius 2 is 1.84 bits per heavy atom. The Labute approximate surface area is 148 Å². The molecule has 1 aliphatic carbocycles. The van der Waals surface area contributed by atoms with Gasteiger partial charge in [-0.1, -0.05) is 37.5 Å². The van der Waals surface area contributed by atoms with Crippen LogP contribution < -0.4 is 10.6 Å². The fraction of sp³-hybridized carbons (Fsp3) is 0.421. The summed E-state index contributed by atoms with van der Waals surface area (Å²) in [5.74, 6) is 0.402. The van der Waals surface area contributed by atoms with E-state index in [2.05, 4.69) is 20.8 Å². The van der Waals surface area contributed by atoms with Crippen molar-refractivity contribution >= 4 is 17.4 Å². The van der Waals surface area contributed by atoms with Gasteiger partial charge in [-0.3, -0.25) is 4.79 Å². The van der Waals surface area contributed by atoms with Gasteiger partial charge < -0.3 is 15.4 Å². The molecule has 0 unspecified atom stereocenters. The number of amides is 1. The molecule has 2 aromatic rings. The van der Waals surface area contributed by atoms with E-state index in [9.17, 15) is 4.79 Å². The van der Waals surface area contributed by atoms with Crippen LogP contribution in [0.2, 0.25) is 0 Å². The molecule has 6 nitrogen and oxygen atoms in total. The number of hydrogen-bond acceptors (Lipinski definition) is 5. The number of nitrogens with zero attached hydrogens (tertiary/aromatic N) is 2. The Morgan fingerprint density at radius 3 is 2.56 bits per heavy atom. The monoisotopic (exact) mass is 340 g/mol. The third-order valence-electron chi connectivity index (χ3n) is 4.52. The Balaban J connectivity index is 1.62. The lowest BCUT2D eigenvalue weighted by Gasteiger charge is -2.25. The highest BCUT2D eigenvalue weighted by molar-refractivity contribution is 6.02. The van der Waals surface area contributed by atoms with Gasteiger partial charge in [-0.05, 0) is 37.1 Å². The second-order valence-electron chi connectivity index (χ2n) is 6.29. The van der Waals surface area contributed by atoms with Crippen molar-refractivity contribution in [1.82, 2.24) is 10.2 Å². The minimum absolute atomic E-state index is 0.186. The van der Waals surface area contributed by atoms with Crippen LogP contribution >= 0.6 is 0 Å². The maximum absolute atomic E-state index is 12.2. The number of benzene rings is 1. The summed E-state index contributed by atoms with van der Waals surface area (Å²) in [4.78, 5) is 12.2. The average molecular weight is 340 g/mol. The number of nitrogens with one attached hydrogen (secondary N) is 2. The molecule has 1 aromatic carbocycles. The summed E-state index contributed by atoms with van der Waals surface area (Å²) in [6.45, 7) is 0. The number of hydrogen-bond donors (Lipinski definition) is 2. The summed E-state index contributed by atoms with van der Waals surface area (Å²) in [5, 5.41) is 14.4. The van der Waals surface area contributed by atoms with Crippen LogP contribution in [0.3, 0.4) is 0 Å². The molecule has 2 atom stereocenters. The van der Waals surface area contributed by atoms with Crippen molar-refractivity contribution in [3.05, 3.63) is 48.2 Å². The molecule has 1 amide bonds. The van der Waals surface area contributed by atoms with Gasteiger partial charge in [-0.15, -0.1) is 10.2 Å². The number of carbonyl (C=O) groups excluding carboxylic acids is 1. The zero-order valence-electron chi connectivity index (χ0n) is 14.4. The predicted octanol–water partition coefficient (Wildman–Crippen LogP) is 3.49. The van der Waals surface area contributed by atoms with Crippen molar-refractivity contribution in [2.75, 3.05) is 17.7 Å². The van der Waals surface area contributed by atoms with E-state index in [1.54, 1.807) is 19.2 Å². The first-order valence-electron chi connectivity index (χ1n) is 8.76. The lowest BCUT2D eigenvalue weighted by molar-refractivity contribution is 0.0805. The van der Waals surface area contributed by atoms with E-state index in [0.717, 1.165) is 18.5 Å². The summed E-state index contributed by atoms with van der Waals surface area (Å²) in [7, 11) is 1.76. The van der Waals surface area contributed by atoms with Crippen LogP contribution in [0.4, 0.5) is 11.5 Å². The van der Waals surface area contributed by atoms with Gasteiger partial charge >= 0.3 is 0 Å². The summed E-state index contributed by atoms with van der Waals surface area (Å²) in [5.41, 5.74) is 1.02. The molecule has 0 spiro atoms. The van der Waals surface area contributed by atoms with E-state index in [1.165, 1.54) is 19.3 Å². The van der Waals surface area contributed by atoms with Crippen LogP contribution in [-0.2, 0) is 4.74 Å². The van der Waals surface area contributed by atoms with Gasteiger partial charge in [0.15, 0.2) is 5.69 Å². The molecule has 132 valence electrons. The number of rotatable bonds is 5. The van der Waals surface area contributed by atoms with Crippen molar-refractivity contribution < 1.29 is 9.53 Å². The summed E-state index contributed by atoms with van der Waals surface area (Å²) in [6.07, 6.45) is 5.91. The summed E-state index contributed by atoms with van der Waals surface area (Å²) < 4.78 is 5.61. The Kier molecular flexibility index (Phi) is 5.95. The number of para-hydroxylation sites is 1. The lowest BCUT2D eigenvalue weighted by atomic mass is 10.1. The maximum Gasteiger partial charge on any atom is 0.276 e. The van der Waals surface area contributed by atoms with Crippen LogP contribution in [0.25, 0.3) is 0 Å². The first kappa shape index (κ1) is 17.4. The highest BCUT2D eigenvalue weighted by Crippen LogP contribution is 2.22. The number of ether oxygens (including phenoxy) is 1. The maximum atomic E-state index is 12.2. The van der Waals surface area contributed by atoms with Crippen molar-refractivity contribution in [1.29, 1.82) is 0 Å². The van der Waals surface area contributed by atoms with Gasteiger partial charge in [0.25, 0.3) is 5.91 Å². The van der Waals surface area contributed by atoms with E-state index in [4.69, 9.17) is 4.74 Å². The minimum Gasteiger partial charge on any atom is -0.379 e. The van der Waals surface area contributed by atoms with E-state index >= 15 is 0 Å². The van der Waals surface area contributed by atoms with Crippen molar-refractivity contribution in [3.8, 4) is 0 Å². The Bertz CT molecular complexity index is 676. The standard InChI is InChI=1S/C19H24N4O2/c1-25-17-11-7-3-6-10-15(17)21-18-13-12-16(22-23-18)19(24)20-14-8-4-2-5-9-14/h2,4-5,8-9,12-13,15,17H,3,6-7,10-11H2,1H3,(H,20,24)(H,21,23)/t15-,17+/m0/s1. The smallest absolute Gasteiger partial charge is 0.276 e. The Hall–Kier alpha value is -2.47. The molecule has 3 rings (SSSR count). The third kappa shape index (κ3) is 4.76. The SMILES string of the molecule is CO[C@@H]1CCCCC[C@@H]1Nc1ccc(C(=O)Nc2ccccc2)nn1. The molecule has 6 heteroatoms. The van der Waals surface area contributed by atoms with Crippen molar-refractivity contribution in [3.63, 3.8) is 0 Å². The molecule has 2 N–H and O–H groups in total. The van der Waals surface area contributed by atoms with E-state index in [-0.39, 0.29) is 18.1 Å². The first-order valence-corrected chi connectivity index (χ1v) is 8.76. The van der Waals surface area contributed by atoms with E-state index in [0.29, 0.717) is 11.5 Å². The zero-order valence-corrected chi connectivity index (χ0v) is 14.4. The van der Waals surface area contributed by atoms with Crippen LogP contribution in [0.5, 0.6) is 0 Å². The molecule has 1 heterocycles. The molecular formula is C19H24N4O2. The van der Waals surface area contributed by atoms with Gasteiger partial charge in [0.1, 0.15) is 5.82 Å². The molecule has 1 aliphatic rings. The molecule has 25 heavy (non-hydrogen) atoms.